The molecule has 1 atom stereocenters. The summed E-state index contributed by atoms with van der Waals surface area (Å²) in [6, 6.07) is 5.76. The summed E-state index contributed by atoms with van der Waals surface area (Å²) in [5.41, 5.74) is 1.85. The van der Waals surface area contributed by atoms with E-state index >= 15 is 0 Å². The van der Waals surface area contributed by atoms with Crippen LogP contribution in [0.3, 0.4) is 0 Å². The summed E-state index contributed by atoms with van der Waals surface area (Å²) in [4.78, 5) is 18.5. The van der Waals surface area contributed by atoms with Crippen molar-refractivity contribution in [2.75, 3.05) is 12.4 Å². The van der Waals surface area contributed by atoms with E-state index in [2.05, 4.69) is 9.97 Å². The number of hydrogen-bond donors (Lipinski definition) is 2. The van der Waals surface area contributed by atoms with Gasteiger partial charge in [-0.3, -0.25) is 4.79 Å². The number of aromatic nitrogens is 2. The van der Waals surface area contributed by atoms with E-state index in [1.165, 1.54) is 11.8 Å². The van der Waals surface area contributed by atoms with Gasteiger partial charge in [0, 0.05) is 18.2 Å². The summed E-state index contributed by atoms with van der Waals surface area (Å²) in [6.07, 6.45) is 0.723. The molecule has 0 saturated carbocycles. The first-order valence-electron chi connectivity index (χ1n) is 6.56. The summed E-state index contributed by atoms with van der Waals surface area (Å²) in [5, 5.41) is 8.43. The molecule has 2 aromatic rings. The summed E-state index contributed by atoms with van der Waals surface area (Å²) in [6.45, 7) is 4.28. The molecule has 0 aliphatic heterocycles. The molecule has 0 spiro atoms. The zero-order valence-electron chi connectivity index (χ0n) is 11.5. The maximum Gasteiger partial charge on any atom is 0.316 e. The second-order valence-corrected chi connectivity index (χ2v) is 5.85. The molecular formula is C14H18N2O3S. The standard InChI is InChI=1S/C14H18N2O3S/c1-3-19-10-4-5-11-12(8-10)16-13(15-11)6-7-20-9(2)14(17)18/h4-5,8-9H,3,6-7H2,1-2H3,(H,15,16)(H,17,18). The molecule has 1 aromatic heterocycles. The highest BCUT2D eigenvalue weighted by Gasteiger charge is 2.11. The van der Waals surface area contributed by atoms with Gasteiger partial charge in [-0.05, 0) is 26.0 Å². The number of fused-ring (bicyclic) bond motifs is 1. The van der Waals surface area contributed by atoms with E-state index in [-0.39, 0.29) is 5.25 Å². The molecule has 0 saturated heterocycles. The van der Waals surface area contributed by atoms with Crippen molar-refractivity contribution in [2.24, 2.45) is 0 Å². The molecule has 1 heterocycles. The Morgan fingerprint density at radius 2 is 2.35 bits per heavy atom. The topological polar surface area (TPSA) is 75.2 Å². The van der Waals surface area contributed by atoms with Gasteiger partial charge in [0.25, 0.3) is 0 Å². The second-order valence-electron chi connectivity index (χ2n) is 4.40. The van der Waals surface area contributed by atoms with Crippen molar-refractivity contribution < 1.29 is 14.6 Å². The number of benzene rings is 1. The van der Waals surface area contributed by atoms with Gasteiger partial charge >= 0.3 is 5.97 Å². The van der Waals surface area contributed by atoms with Gasteiger partial charge in [-0.15, -0.1) is 11.8 Å². The van der Waals surface area contributed by atoms with Gasteiger partial charge in [0.2, 0.25) is 0 Å². The lowest BCUT2D eigenvalue weighted by Gasteiger charge is -2.03. The third kappa shape index (κ3) is 3.66. The first kappa shape index (κ1) is 14.7. The third-order valence-corrected chi connectivity index (χ3v) is 4.01. The van der Waals surface area contributed by atoms with E-state index in [0.717, 1.165) is 34.8 Å². The normalized spacial score (nSPS) is 12.5. The van der Waals surface area contributed by atoms with Crippen LogP contribution in [0.1, 0.15) is 19.7 Å². The van der Waals surface area contributed by atoms with Gasteiger partial charge in [0.05, 0.1) is 22.9 Å². The average molecular weight is 294 g/mol. The molecule has 1 aromatic carbocycles. The molecule has 0 fully saturated rings. The van der Waals surface area contributed by atoms with Crippen LogP contribution in [0, 0.1) is 0 Å². The molecule has 0 amide bonds. The second kappa shape index (κ2) is 6.65. The van der Waals surface area contributed by atoms with Gasteiger partial charge in [-0.2, -0.15) is 0 Å². The Bertz CT molecular complexity index is 597. The number of nitrogens with one attached hydrogen (secondary N) is 1. The predicted octanol–water partition coefficient (Wildman–Crippen LogP) is 2.71. The summed E-state index contributed by atoms with van der Waals surface area (Å²) >= 11 is 1.42. The maximum atomic E-state index is 10.7. The van der Waals surface area contributed by atoms with Crippen LogP contribution in [0.5, 0.6) is 5.75 Å². The molecule has 1 unspecified atom stereocenters. The fraction of sp³-hybridized carbons (Fsp3) is 0.429. The van der Waals surface area contributed by atoms with Crippen molar-refractivity contribution in [3.63, 3.8) is 0 Å². The molecule has 20 heavy (non-hydrogen) atoms. The molecule has 6 heteroatoms. The number of carboxylic acid groups (broad SMARTS) is 1. The minimum absolute atomic E-state index is 0.385. The maximum absolute atomic E-state index is 10.7. The number of nitrogens with zero attached hydrogens (tertiary/aromatic N) is 1. The SMILES string of the molecule is CCOc1ccc2nc(CCSC(C)C(=O)O)[nH]c2c1. The number of aryl methyl sites for hydroxylation is 1. The lowest BCUT2D eigenvalue weighted by atomic mass is 10.3. The summed E-state index contributed by atoms with van der Waals surface area (Å²) in [7, 11) is 0. The predicted molar refractivity (Wildman–Crippen MR) is 80.5 cm³/mol. The van der Waals surface area contributed by atoms with Crippen LogP contribution in [0.2, 0.25) is 0 Å². The highest BCUT2D eigenvalue weighted by atomic mass is 32.2. The Morgan fingerprint density at radius 3 is 3.05 bits per heavy atom. The lowest BCUT2D eigenvalue weighted by molar-refractivity contribution is -0.136. The quantitative estimate of drug-likeness (QED) is 0.821. The third-order valence-electron chi connectivity index (χ3n) is 2.87. The van der Waals surface area contributed by atoms with E-state index in [9.17, 15) is 4.79 Å². The summed E-state index contributed by atoms with van der Waals surface area (Å²) in [5.74, 6) is 1.65. The molecule has 5 nitrogen and oxygen atoms in total. The number of carboxylic acids is 1. The first-order chi connectivity index (χ1) is 9.60. The van der Waals surface area contributed by atoms with Crippen molar-refractivity contribution in [1.82, 2.24) is 9.97 Å². The number of hydrogen-bond acceptors (Lipinski definition) is 4. The fourth-order valence-electron chi connectivity index (χ4n) is 1.82. The van der Waals surface area contributed by atoms with Crippen LogP contribution < -0.4 is 4.74 Å². The number of ether oxygens (including phenoxy) is 1. The molecular weight excluding hydrogens is 276 g/mol. The van der Waals surface area contributed by atoms with Gasteiger partial charge in [-0.1, -0.05) is 0 Å². The van der Waals surface area contributed by atoms with Crippen molar-refractivity contribution in [1.29, 1.82) is 0 Å². The molecule has 0 aliphatic carbocycles. The van der Waals surface area contributed by atoms with E-state index in [1.807, 2.05) is 25.1 Å². The van der Waals surface area contributed by atoms with Crippen molar-refractivity contribution in [3.05, 3.63) is 24.0 Å². The zero-order chi connectivity index (χ0) is 14.5. The van der Waals surface area contributed by atoms with Gasteiger partial charge in [0.15, 0.2) is 0 Å². The molecule has 0 radical (unpaired) electrons. The van der Waals surface area contributed by atoms with E-state index in [0.29, 0.717) is 6.61 Å². The highest BCUT2D eigenvalue weighted by Crippen LogP contribution is 2.20. The van der Waals surface area contributed by atoms with Crippen LogP contribution >= 0.6 is 11.8 Å². The Balaban J connectivity index is 1.99. The molecule has 0 bridgehead atoms. The molecule has 0 aliphatic rings. The van der Waals surface area contributed by atoms with E-state index < -0.39 is 5.97 Å². The van der Waals surface area contributed by atoms with Crippen LogP contribution in [0.4, 0.5) is 0 Å². The van der Waals surface area contributed by atoms with Crippen molar-refractivity contribution >= 4 is 28.8 Å². The Labute approximate surface area is 121 Å². The number of carbonyl (C=O) groups is 1. The van der Waals surface area contributed by atoms with E-state index in [1.54, 1.807) is 6.92 Å². The van der Waals surface area contributed by atoms with Gasteiger partial charge in [0.1, 0.15) is 11.6 Å². The Morgan fingerprint density at radius 1 is 1.55 bits per heavy atom. The van der Waals surface area contributed by atoms with Crippen LogP contribution in [0.15, 0.2) is 18.2 Å². The van der Waals surface area contributed by atoms with E-state index in [4.69, 9.17) is 9.84 Å². The van der Waals surface area contributed by atoms with Crippen LogP contribution in [-0.2, 0) is 11.2 Å². The smallest absolute Gasteiger partial charge is 0.316 e. The Kier molecular flexibility index (Phi) is 4.89. The number of aliphatic carboxylic acids is 1. The number of aromatic amines is 1. The van der Waals surface area contributed by atoms with Crippen molar-refractivity contribution in [2.45, 2.75) is 25.5 Å². The van der Waals surface area contributed by atoms with Crippen LogP contribution in [0.25, 0.3) is 11.0 Å². The zero-order valence-corrected chi connectivity index (χ0v) is 12.4. The molecule has 2 N–H and O–H groups in total. The van der Waals surface area contributed by atoms with Gasteiger partial charge in [-0.25, -0.2) is 4.98 Å². The lowest BCUT2D eigenvalue weighted by Crippen LogP contribution is -2.12. The highest BCUT2D eigenvalue weighted by molar-refractivity contribution is 8.00. The average Bonchev–Trinajstić information content (AvgIpc) is 2.80. The number of thioether (sulfide) groups is 1. The van der Waals surface area contributed by atoms with Crippen LogP contribution in [-0.4, -0.2) is 38.7 Å². The number of H-pyrrole nitrogens is 1. The largest absolute Gasteiger partial charge is 0.494 e. The Hall–Kier alpha value is -1.69. The monoisotopic (exact) mass is 294 g/mol. The molecule has 2 rings (SSSR count). The first-order valence-corrected chi connectivity index (χ1v) is 7.61. The van der Waals surface area contributed by atoms with Crippen molar-refractivity contribution in [3.8, 4) is 5.75 Å². The minimum atomic E-state index is -0.777. The number of imidazole rings is 1. The fourth-order valence-corrected chi connectivity index (χ4v) is 2.63. The minimum Gasteiger partial charge on any atom is -0.494 e. The summed E-state index contributed by atoms with van der Waals surface area (Å²) < 4.78 is 5.45. The number of rotatable bonds is 7. The molecule has 108 valence electrons. The van der Waals surface area contributed by atoms with Gasteiger partial charge < -0.3 is 14.8 Å².